The van der Waals surface area contributed by atoms with Crippen LogP contribution in [-0.4, -0.2) is 32.7 Å². The summed E-state index contributed by atoms with van der Waals surface area (Å²) < 4.78 is 2.08. The number of nitrogens with zero attached hydrogens (tertiary/aromatic N) is 3. The van der Waals surface area contributed by atoms with Crippen molar-refractivity contribution in [3.63, 3.8) is 0 Å². The number of hydrogen-bond acceptors (Lipinski definition) is 3. The summed E-state index contributed by atoms with van der Waals surface area (Å²) in [5, 5.41) is 7.78. The second kappa shape index (κ2) is 8.44. The third kappa shape index (κ3) is 4.02. The van der Waals surface area contributed by atoms with Gasteiger partial charge in [0, 0.05) is 44.4 Å². The smallest absolute Gasteiger partial charge is 0.170 e. The average molecular weight is 392 g/mol. The maximum absolute atomic E-state index is 5.70. The highest BCUT2D eigenvalue weighted by molar-refractivity contribution is 7.80. The van der Waals surface area contributed by atoms with Crippen LogP contribution in [0.2, 0.25) is 0 Å². The lowest BCUT2D eigenvalue weighted by molar-refractivity contribution is 0.316. The summed E-state index contributed by atoms with van der Waals surface area (Å²) in [6.07, 6.45) is 7.09. The quantitative estimate of drug-likeness (QED) is 0.473. The summed E-state index contributed by atoms with van der Waals surface area (Å²) in [7, 11) is 2.05. The van der Waals surface area contributed by atoms with E-state index in [0.717, 1.165) is 36.0 Å². The summed E-state index contributed by atoms with van der Waals surface area (Å²) in [6, 6.07) is 18.7. The molecule has 0 aliphatic carbocycles. The fraction of sp³-hybridized carbons (Fsp3) is 0.273. The van der Waals surface area contributed by atoms with Crippen molar-refractivity contribution in [1.82, 2.24) is 19.8 Å². The zero-order chi connectivity index (χ0) is 19.3. The first-order valence-electron chi connectivity index (χ1n) is 9.61. The molecule has 6 heteroatoms. The van der Waals surface area contributed by atoms with Crippen LogP contribution in [0.3, 0.4) is 0 Å². The van der Waals surface area contributed by atoms with E-state index in [4.69, 9.17) is 12.2 Å². The van der Waals surface area contributed by atoms with Crippen LogP contribution >= 0.6 is 12.2 Å². The molecule has 5 nitrogen and oxygen atoms in total. The maximum Gasteiger partial charge on any atom is 0.170 e. The van der Waals surface area contributed by atoms with Crippen LogP contribution in [0, 0.1) is 0 Å². The van der Waals surface area contributed by atoms with Crippen molar-refractivity contribution in [2.75, 3.05) is 18.4 Å². The van der Waals surface area contributed by atoms with Gasteiger partial charge in [-0.25, -0.2) is 0 Å². The molecule has 3 heterocycles. The SMILES string of the molecule is Cn1ccc(C2C(c3ccccn3)NC(=S)N2CCCNc2ccccc2)c1. The highest BCUT2D eigenvalue weighted by Gasteiger charge is 2.39. The van der Waals surface area contributed by atoms with Crippen LogP contribution in [-0.2, 0) is 7.05 Å². The molecule has 2 aromatic heterocycles. The summed E-state index contributed by atoms with van der Waals surface area (Å²) in [6.45, 7) is 1.79. The molecule has 2 unspecified atom stereocenters. The molecule has 1 saturated heterocycles. The number of aryl methyl sites for hydroxylation is 1. The van der Waals surface area contributed by atoms with Crippen molar-refractivity contribution in [3.8, 4) is 0 Å². The van der Waals surface area contributed by atoms with Gasteiger partial charge in [0.05, 0.1) is 17.8 Å². The topological polar surface area (TPSA) is 45.1 Å². The van der Waals surface area contributed by atoms with Crippen molar-refractivity contribution in [3.05, 3.63) is 84.4 Å². The Balaban J connectivity index is 1.48. The summed E-state index contributed by atoms with van der Waals surface area (Å²) >= 11 is 5.70. The maximum atomic E-state index is 5.70. The Labute approximate surface area is 171 Å². The van der Waals surface area contributed by atoms with Crippen molar-refractivity contribution in [2.45, 2.75) is 18.5 Å². The second-order valence-electron chi connectivity index (χ2n) is 7.08. The fourth-order valence-electron chi connectivity index (χ4n) is 3.75. The average Bonchev–Trinajstić information content (AvgIpc) is 3.29. The molecular weight excluding hydrogens is 366 g/mol. The minimum atomic E-state index is 0.0539. The predicted molar refractivity (Wildman–Crippen MR) is 117 cm³/mol. The Bertz CT molecular complexity index is 909. The van der Waals surface area contributed by atoms with Gasteiger partial charge in [-0.3, -0.25) is 4.98 Å². The van der Waals surface area contributed by atoms with Gasteiger partial charge in [0.25, 0.3) is 0 Å². The van der Waals surface area contributed by atoms with E-state index < -0.39 is 0 Å². The molecule has 0 amide bonds. The van der Waals surface area contributed by atoms with E-state index >= 15 is 0 Å². The van der Waals surface area contributed by atoms with Gasteiger partial charge in [0.1, 0.15) is 0 Å². The zero-order valence-corrected chi connectivity index (χ0v) is 16.8. The van der Waals surface area contributed by atoms with Crippen LogP contribution in [0.1, 0.15) is 29.8 Å². The van der Waals surface area contributed by atoms with Gasteiger partial charge < -0.3 is 20.1 Å². The lowest BCUT2D eigenvalue weighted by Crippen LogP contribution is -2.31. The number of para-hydroxylation sites is 1. The summed E-state index contributed by atoms with van der Waals surface area (Å²) in [4.78, 5) is 6.88. The molecule has 28 heavy (non-hydrogen) atoms. The van der Waals surface area contributed by atoms with Gasteiger partial charge in [-0.05, 0) is 54.5 Å². The van der Waals surface area contributed by atoms with E-state index in [1.54, 1.807) is 0 Å². The van der Waals surface area contributed by atoms with Crippen molar-refractivity contribution in [2.24, 2.45) is 7.05 Å². The number of aromatic nitrogens is 2. The Morgan fingerprint density at radius 2 is 1.93 bits per heavy atom. The van der Waals surface area contributed by atoms with Gasteiger partial charge in [0.15, 0.2) is 5.11 Å². The molecule has 1 aliphatic rings. The first-order valence-corrected chi connectivity index (χ1v) is 10.0. The van der Waals surface area contributed by atoms with Crippen molar-refractivity contribution in [1.29, 1.82) is 0 Å². The van der Waals surface area contributed by atoms with Gasteiger partial charge >= 0.3 is 0 Å². The first-order chi connectivity index (χ1) is 13.7. The van der Waals surface area contributed by atoms with E-state index in [-0.39, 0.29) is 12.1 Å². The van der Waals surface area contributed by atoms with Crippen molar-refractivity contribution < 1.29 is 0 Å². The number of benzene rings is 1. The lowest BCUT2D eigenvalue weighted by atomic mass is 9.99. The van der Waals surface area contributed by atoms with Gasteiger partial charge in [0.2, 0.25) is 0 Å². The molecule has 2 N–H and O–H groups in total. The molecule has 0 saturated carbocycles. The molecule has 1 aliphatic heterocycles. The molecule has 144 valence electrons. The molecule has 1 aromatic carbocycles. The van der Waals surface area contributed by atoms with E-state index in [9.17, 15) is 0 Å². The monoisotopic (exact) mass is 391 g/mol. The largest absolute Gasteiger partial charge is 0.385 e. The van der Waals surface area contributed by atoms with E-state index in [1.807, 2.05) is 43.6 Å². The minimum Gasteiger partial charge on any atom is -0.385 e. The molecule has 3 aromatic rings. The summed E-state index contributed by atoms with van der Waals surface area (Å²) in [5.74, 6) is 0. The number of pyridine rings is 1. The Hall–Kier alpha value is -2.86. The number of rotatable bonds is 7. The normalized spacial score (nSPS) is 18.9. The molecule has 1 fully saturated rings. The van der Waals surface area contributed by atoms with E-state index in [2.05, 4.69) is 61.7 Å². The first kappa shape index (κ1) is 18.5. The number of nitrogens with one attached hydrogen (secondary N) is 2. The van der Waals surface area contributed by atoms with Gasteiger partial charge in [-0.1, -0.05) is 24.3 Å². The molecule has 4 rings (SSSR count). The van der Waals surface area contributed by atoms with Crippen LogP contribution in [0.4, 0.5) is 5.69 Å². The van der Waals surface area contributed by atoms with Crippen molar-refractivity contribution >= 4 is 23.0 Å². The second-order valence-corrected chi connectivity index (χ2v) is 7.46. The fourth-order valence-corrected chi connectivity index (χ4v) is 4.08. The highest BCUT2D eigenvalue weighted by Crippen LogP contribution is 2.38. The standard InChI is InChI=1S/C22H25N5S/c1-26-15-11-17(16-26)21-20(19-10-5-6-12-24-19)25-22(28)27(21)14-7-13-23-18-8-3-2-4-9-18/h2-6,8-12,15-16,20-21,23H,7,13-14H2,1H3,(H,25,28). The predicted octanol–water partition coefficient (Wildman–Crippen LogP) is 3.89. The van der Waals surface area contributed by atoms with Crippen LogP contribution < -0.4 is 10.6 Å². The Morgan fingerprint density at radius 1 is 1.11 bits per heavy atom. The van der Waals surface area contributed by atoms with Crippen LogP contribution in [0.15, 0.2) is 73.2 Å². The molecule has 0 radical (unpaired) electrons. The molecule has 0 bridgehead atoms. The van der Waals surface area contributed by atoms with E-state index in [1.165, 1.54) is 5.56 Å². The zero-order valence-electron chi connectivity index (χ0n) is 16.0. The van der Waals surface area contributed by atoms with Crippen LogP contribution in [0.25, 0.3) is 0 Å². The number of anilines is 1. The van der Waals surface area contributed by atoms with Gasteiger partial charge in [-0.15, -0.1) is 0 Å². The van der Waals surface area contributed by atoms with E-state index in [0.29, 0.717) is 0 Å². The summed E-state index contributed by atoms with van der Waals surface area (Å²) in [5.41, 5.74) is 3.42. The molecule has 0 spiro atoms. The number of thiocarbonyl (C=S) groups is 1. The lowest BCUT2D eigenvalue weighted by Gasteiger charge is -2.27. The minimum absolute atomic E-state index is 0.0539. The van der Waals surface area contributed by atoms with Crippen LogP contribution in [0.5, 0.6) is 0 Å². The third-order valence-electron chi connectivity index (χ3n) is 5.07. The van der Waals surface area contributed by atoms with Gasteiger partial charge in [-0.2, -0.15) is 0 Å². The molecular formula is C22H25N5S. The Morgan fingerprint density at radius 3 is 2.64 bits per heavy atom. The Kier molecular flexibility index (Phi) is 5.58. The third-order valence-corrected chi connectivity index (χ3v) is 5.43. The molecule has 2 atom stereocenters. The highest BCUT2D eigenvalue weighted by atomic mass is 32.1. The number of hydrogen-bond donors (Lipinski definition) is 2.